The molecule has 2 N–H and O–H groups in total. The molecule has 112 valence electrons. The van der Waals surface area contributed by atoms with Crippen molar-refractivity contribution in [2.45, 2.75) is 32.7 Å². The van der Waals surface area contributed by atoms with Gasteiger partial charge in [-0.25, -0.2) is 0 Å². The molecular formula is C16H27N3O. The zero-order valence-electron chi connectivity index (χ0n) is 12.9. The maximum absolute atomic E-state index is 6.30. The van der Waals surface area contributed by atoms with Gasteiger partial charge in [0.25, 0.3) is 0 Å². The van der Waals surface area contributed by atoms with Gasteiger partial charge in [0.05, 0.1) is 18.0 Å². The predicted molar refractivity (Wildman–Crippen MR) is 85.6 cm³/mol. The lowest BCUT2D eigenvalue weighted by atomic mass is 10.1. The molecule has 1 aromatic rings. The third kappa shape index (κ3) is 3.18. The molecule has 0 spiro atoms. The zero-order chi connectivity index (χ0) is 14.5. The number of rotatable bonds is 5. The van der Waals surface area contributed by atoms with Gasteiger partial charge < -0.3 is 15.4 Å². The first kappa shape index (κ1) is 15.0. The van der Waals surface area contributed by atoms with Crippen molar-refractivity contribution in [2.24, 2.45) is 0 Å². The average Bonchev–Trinajstić information content (AvgIpc) is 2.47. The van der Waals surface area contributed by atoms with E-state index in [1.807, 2.05) is 12.1 Å². The van der Waals surface area contributed by atoms with Crippen LogP contribution < -0.4 is 15.4 Å². The van der Waals surface area contributed by atoms with E-state index in [0.29, 0.717) is 12.6 Å². The molecule has 1 aromatic carbocycles. The normalized spacial score (nSPS) is 20.1. The van der Waals surface area contributed by atoms with E-state index in [2.05, 4.69) is 36.8 Å². The van der Waals surface area contributed by atoms with E-state index in [-0.39, 0.29) is 0 Å². The predicted octanol–water partition coefficient (Wildman–Crippen LogP) is 2.59. The number of nitrogens with two attached hydrogens (primary N) is 1. The highest BCUT2D eigenvalue weighted by Crippen LogP contribution is 2.33. The van der Waals surface area contributed by atoms with Crippen LogP contribution in [0.15, 0.2) is 18.2 Å². The largest absolute Gasteiger partial charge is 0.491 e. The SMILES string of the molecule is CCCOc1cccc(N2CCN(C)C(CC)C2)c1N. The topological polar surface area (TPSA) is 41.7 Å². The molecule has 1 saturated heterocycles. The van der Waals surface area contributed by atoms with Gasteiger partial charge in [0.15, 0.2) is 0 Å². The molecular weight excluding hydrogens is 250 g/mol. The van der Waals surface area contributed by atoms with Gasteiger partial charge in [0, 0.05) is 25.7 Å². The van der Waals surface area contributed by atoms with E-state index in [1.54, 1.807) is 0 Å². The number of benzene rings is 1. The molecule has 1 heterocycles. The highest BCUT2D eigenvalue weighted by Gasteiger charge is 2.24. The molecule has 0 aromatic heterocycles. The molecule has 0 radical (unpaired) electrons. The fourth-order valence-electron chi connectivity index (χ4n) is 2.75. The minimum Gasteiger partial charge on any atom is -0.491 e. The quantitative estimate of drug-likeness (QED) is 0.840. The van der Waals surface area contributed by atoms with Crippen LogP contribution in [0.1, 0.15) is 26.7 Å². The molecule has 4 heteroatoms. The van der Waals surface area contributed by atoms with Crippen LogP contribution in [0.3, 0.4) is 0 Å². The van der Waals surface area contributed by atoms with E-state index in [9.17, 15) is 0 Å². The van der Waals surface area contributed by atoms with Crippen LogP contribution in [0.2, 0.25) is 0 Å². The Bertz CT molecular complexity index is 436. The first-order valence-corrected chi connectivity index (χ1v) is 7.63. The summed E-state index contributed by atoms with van der Waals surface area (Å²) in [4.78, 5) is 4.83. The number of para-hydroxylation sites is 1. The number of nitrogen functional groups attached to an aromatic ring is 1. The van der Waals surface area contributed by atoms with Gasteiger partial charge in [-0.1, -0.05) is 19.9 Å². The number of ether oxygens (including phenoxy) is 1. The van der Waals surface area contributed by atoms with Gasteiger partial charge in [-0.2, -0.15) is 0 Å². The minimum absolute atomic E-state index is 0.600. The summed E-state index contributed by atoms with van der Waals surface area (Å²) >= 11 is 0. The van der Waals surface area contributed by atoms with Crippen LogP contribution in [-0.2, 0) is 0 Å². The van der Waals surface area contributed by atoms with Crippen LogP contribution in [-0.4, -0.2) is 44.2 Å². The summed E-state index contributed by atoms with van der Waals surface area (Å²) in [6, 6.07) is 6.70. The monoisotopic (exact) mass is 277 g/mol. The molecule has 0 saturated carbocycles. The Morgan fingerprint density at radius 3 is 2.80 bits per heavy atom. The Hall–Kier alpha value is -1.42. The standard InChI is InChI=1S/C16H27N3O/c1-4-11-20-15-8-6-7-14(16(15)17)19-10-9-18(3)13(5-2)12-19/h6-8,13H,4-5,9-12,17H2,1-3H3. The summed E-state index contributed by atoms with van der Waals surface area (Å²) in [7, 11) is 2.20. The van der Waals surface area contributed by atoms with Crippen LogP contribution in [0.25, 0.3) is 0 Å². The van der Waals surface area contributed by atoms with Gasteiger partial charge in [0.1, 0.15) is 5.75 Å². The van der Waals surface area contributed by atoms with Crippen molar-refractivity contribution in [3.63, 3.8) is 0 Å². The second kappa shape index (κ2) is 6.84. The van der Waals surface area contributed by atoms with Gasteiger partial charge in [-0.05, 0) is 32.0 Å². The summed E-state index contributed by atoms with van der Waals surface area (Å²) < 4.78 is 5.73. The van der Waals surface area contributed by atoms with Crippen LogP contribution in [0.5, 0.6) is 5.75 Å². The molecule has 1 aliphatic heterocycles. The minimum atomic E-state index is 0.600. The number of hydrogen-bond acceptors (Lipinski definition) is 4. The number of nitrogens with zero attached hydrogens (tertiary/aromatic N) is 2. The fraction of sp³-hybridized carbons (Fsp3) is 0.625. The molecule has 1 unspecified atom stereocenters. The third-order valence-electron chi connectivity index (χ3n) is 4.09. The summed E-state index contributed by atoms with van der Waals surface area (Å²) in [5.41, 5.74) is 8.19. The van der Waals surface area contributed by atoms with Crippen molar-refractivity contribution in [1.29, 1.82) is 0 Å². The van der Waals surface area contributed by atoms with E-state index in [1.165, 1.54) is 6.42 Å². The first-order chi connectivity index (χ1) is 9.67. The lowest BCUT2D eigenvalue weighted by Gasteiger charge is -2.40. The molecule has 0 bridgehead atoms. The second-order valence-electron chi connectivity index (χ2n) is 5.53. The maximum atomic E-state index is 6.30. The number of likely N-dealkylation sites (N-methyl/N-ethyl adjacent to an activating group) is 1. The van der Waals surface area contributed by atoms with Crippen molar-refractivity contribution < 1.29 is 4.74 Å². The summed E-state index contributed by atoms with van der Waals surface area (Å²) in [6.45, 7) is 8.20. The smallest absolute Gasteiger partial charge is 0.144 e. The first-order valence-electron chi connectivity index (χ1n) is 7.63. The third-order valence-corrected chi connectivity index (χ3v) is 4.09. The van der Waals surface area contributed by atoms with E-state index in [4.69, 9.17) is 10.5 Å². The Morgan fingerprint density at radius 1 is 1.30 bits per heavy atom. The van der Waals surface area contributed by atoms with Crippen molar-refractivity contribution in [3.05, 3.63) is 18.2 Å². The van der Waals surface area contributed by atoms with Gasteiger partial charge in [-0.3, -0.25) is 4.90 Å². The summed E-state index contributed by atoms with van der Waals surface area (Å²) in [5.74, 6) is 0.816. The fourth-order valence-corrected chi connectivity index (χ4v) is 2.75. The molecule has 1 fully saturated rings. The Labute approximate surface area is 122 Å². The molecule has 4 nitrogen and oxygen atoms in total. The van der Waals surface area contributed by atoms with E-state index in [0.717, 1.165) is 43.2 Å². The molecule has 0 aliphatic carbocycles. The highest BCUT2D eigenvalue weighted by molar-refractivity contribution is 5.74. The van der Waals surface area contributed by atoms with Crippen molar-refractivity contribution >= 4 is 11.4 Å². The Balaban J connectivity index is 2.16. The Kier molecular flexibility index (Phi) is 5.12. The van der Waals surface area contributed by atoms with Crippen LogP contribution >= 0.6 is 0 Å². The molecule has 1 atom stereocenters. The van der Waals surface area contributed by atoms with Gasteiger partial charge in [0.2, 0.25) is 0 Å². The van der Waals surface area contributed by atoms with E-state index >= 15 is 0 Å². The van der Waals surface area contributed by atoms with Crippen molar-refractivity contribution in [1.82, 2.24) is 4.90 Å². The number of piperazine rings is 1. The molecule has 2 rings (SSSR count). The van der Waals surface area contributed by atoms with Crippen LogP contribution in [0.4, 0.5) is 11.4 Å². The molecule has 1 aliphatic rings. The number of anilines is 2. The molecule has 0 amide bonds. The second-order valence-corrected chi connectivity index (χ2v) is 5.53. The summed E-state index contributed by atoms with van der Waals surface area (Å²) in [6.07, 6.45) is 2.16. The van der Waals surface area contributed by atoms with Gasteiger partial charge in [-0.15, -0.1) is 0 Å². The lowest BCUT2D eigenvalue weighted by Crippen LogP contribution is -2.51. The van der Waals surface area contributed by atoms with E-state index < -0.39 is 0 Å². The van der Waals surface area contributed by atoms with Gasteiger partial charge >= 0.3 is 0 Å². The zero-order valence-corrected chi connectivity index (χ0v) is 12.9. The maximum Gasteiger partial charge on any atom is 0.144 e. The average molecular weight is 277 g/mol. The van der Waals surface area contributed by atoms with Crippen molar-refractivity contribution in [3.8, 4) is 5.75 Å². The molecule has 20 heavy (non-hydrogen) atoms. The lowest BCUT2D eigenvalue weighted by molar-refractivity contribution is 0.213. The summed E-state index contributed by atoms with van der Waals surface area (Å²) in [5, 5.41) is 0. The Morgan fingerprint density at radius 2 is 2.10 bits per heavy atom. The van der Waals surface area contributed by atoms with Crippen molar-refractivity contribution in [2.75, 3.05) is 43.9 Å². The highest BCUT2D eigenvalue weighted by atomic mass is 16.5. The van der Waals surface area contributed by atoms with Crippen LogP contribution in [0, 0.1) is 0 Å². The number of hydrogen-bond donors (Lipinski definition) is 1.